The maximum atomic E-state index is 11.8. The molecule has 0 aromatic carbocycles. The molecule has 0 amide bonds. The van der Waals surface area contributed by atoms with Crippen LogP contribution in [0.3, 0.4) is 0 Å². The van der Waals surface area contributed by atoms with Gasteiger partial charge in [-0.2, -0.15) is 0 Å². The lowest BCUT2D eigenvalue weighted by atomic mass is 10.2. The van der Waals surface area contributed by atoms with Gasteiger partial charge in [0.15, 0.2) is 0 Å². The highest BCUT2D eigenvalue weighted by Crippen LogP contribution is 2.34. The van der Waals surface area contributed by atoms with Gasteiger partial charge >= 0.3 is 0 Å². The number of aromatic nitrogens is 1. The summed E-state index contributed by atoms with van der Waals surface area (Å²) in [5.41, 5.74) is 1.85. The van der Waals surface area contributed by atoms with Crippen LogP contribution in [0.5, 0.6) is 0 Å². The van der Waals surface area contributed by atoms with E-state index in [1.54, 1.807) is 0 Å². The van der Waals surface area contributed by atoms with Gasteiger partial charge in [0.05, 0.1) is 5.88 Å². The molecule has 1 aromatic heterocycles. The molecule has 13 heavy (non-hydrogen) atoms. The minimum Gasteiger partial charge on any atom is -0.310 e. The lowest BCUT2D eigenvalue weighted by molar-refractivity contribution is 0.676. The number of pyridine rings is 1. The van der Waals surface area contributed by atoms with Crippen LogP contribution in [-0.4, -0.2) is 4.57 Å². The fourth-order valence-electron chi connectivity index (χ4n) is 1.58. The van der Waals surface area contributed by atoms with Gasteiger partial charge in [-0.1, -0.05) is 6.07 Å². The van der Waals surface area contributed by atoms with Gasteiger partial charge in [0.1, 0.15) is 0 Å². The zero-order chi connectivity index (χ0) is 9.42. The Labute approximate surface area is 82.1 Å². The second-order valence-electron chi connectivity index (χ2n) is 3.54. The van der Waals surface area contributed by atoms with Crippen LogP contribution in [0.1, 0.15) is 30.1 Å². The Kier molecular flexibility index (Phi) is 2.16. The first-order valence-corrected chi connectivity index (χ1v) is 5.04. The smallest absolute Gasteiger partial charge is 0.255 e. The molecule has 2 rings (SSSR count). The van der Waals surface area contributed by atoms with Crippen molar-refractivity contribution in [3.05, 3.63) is 33.7 Å². The van der Waals surface area contributed by atoms with E-state index in [0.29, 0.717) is 17.5 Å². The fourth-order valence-corrected chi connectivity index (χ4v) is 1.78. The predicted octanol–water partition coefficient (Wildman–Crippen LogP) is 2.23. The molecule has 0 spiro atoms. The fraction of sp³-hybridized carbons (Fsp3) is 0.500. The summed E-state index contributed by atoms with van der Waals surface area (Å²) >= 11 is 5.67. The zero-order valence-electron chi connectivity index (χ0n) is 7.59. The van der Waals surface area contributed by atoms with Crippen LogP contribution in [0, 0.1) is 6.92 Å². The zero-order valence-corrected chi connectivity index (χ0v) is 8.34. The summed E-state index contributed by atoms with van der Waals surface area (Å²) in [7, 11) is 0. The second-order valence-corrected chi connectivity index (χ2v) is 3.81. The topological polar surface area (TPSA) is 22.0 Å². The molecule has 0 atom stereocenters. The number of hydrogen-bond acceptors (Lipinski definition) is 1. The van der Waals surface area contributed by atoms with Gasteiger partial charge < -0.3 is 4.57 Å². The highest BCUT2D eigenvalue weighted by molar-refractivity contribution is 6.17. The lowest BCUT2D eigenvalue weighted by Gasteiger charge is -2.09. The van der Waals surface area contributed by atoms with Crippen LogP contribution in [0.15, 0.2) is 16.9 Å². The molecule has 3 heteroatoms. The van der Waals surface area contributed by atoms with Crippen LogP contribution in [0.25, 0.3) is 0 Å². The van der Waals surface area contributed by atoms with E-state index in [1.807, 2.05) is 23.6 Å². The molecule has 2 nitrogen and oxygen atoms in total. The van der Waals surface area contributed by atoms with Gasteiger partial charge in [-0.05, 0) is 25.8 Å². The first-order valence-electron chi connectivity index (χ1n) is 4.51. The summed E-state index contributed by atoms with van der Waals surface area (Å²) in [4.78, 5) is 11.8. The molecule has 1 saturated carbocycles. The van der Waals surface area contributed by atoms with E-state index in [2.05, 4.69) is 0 Å². The van der Waals surface area contributed by atoms with E-state index < -0.39 is 0 Å². The quantitative estimate of drug-likeness (QED) is 0.667. The molecule has 0 saturated heterocycles. The highest BCUT2D eigenvalue weighted by atomic mass is 35.5. The normalized spacial score (nSPS) is 16.2. The molecule has 1 aliphatic carbocycles. The van der Waals surface area contributed by atoms with Crippen molar-refractivity contribution in [1.29, 1.82) is 0 Å². The maximum absolute atomic E-state index is 11.8. The molecule has 1 aromatic rings. The van der Waals surface area contributed by atoms with Gasteiger partial charge in [0.25, 0.3) is 5.56 Å². The third-order valence-corrected chi connectivity index (χ3v) is 2.74. The number of alkyl halides is 1. The van der Waals surface area contributed by atoms with Gasteiger partial charge in [-0.15, -0.1) is 11.6 Å². The van der Waals surface area contributed by atoms with Crippen molar-refractivity contribution in [3.63, 3.8) is 0 Å². The predicted molar refractivity (Wildman–Crippen MR) is 53.3 cm³/mol. The Morgan fingerprint density at radius 3 is 2.77 bits per heavy atom. The van der Waals surface area contributed by atoms with Crippen molar-refractivity contribution in [1.82, 2.24) is 4.57 Å². The van der Waals surface area contributed by atoms with Crippen molar-refractivity contribution in [2.24, 2.45) is 0 Å². The van der Waals surface area contributed by atoms with Gasteiger partial charge in [0.2, 0.25) is 0 Å². The minimum atomic E-state index is 0.0949. The van der Waals surface area contributed by atoms with Crippen LogP contribution in [0.2, 0.25) is 0 Å². The summed E-state index contributed by atoms with van der Waals surface area (Å²) in [6.45, 7) is 1.97. The van der Waals surface area contributed by atoms with Crippen LogP contribution in [-0.2, 0) is 5.88 Å². The van der Waals surface area contributed by atoms with E-state index in [9.17, 15) is 4.79 Å². The molecule has 0 unspecified atom stereocenters. The third-order valence-electron chi connectivity index (χ3n) is 2.46. The Bertz CT molecular complexity index is 379. The molecule has 0 N–H and O–H groups in total. The summed E-state index contributed by atoms with van der Waals surface area (Å²) in [5, 5.41) is 0. The molecule has 0 radical (unpaired) electrons. The van der Waals surface area contributed by atoms with Crippen molar-refractivity contribution in [3.8, 4) is 0 Å². The summed E-state index contributed by atoms with van der Waals surface area (Å²) in [6.07, 6.45) is 2.26. The maximum Gasteiger partial charge on any atom is 0.255 e. The standard InChI is InChI=1S/C10H12ClNO/c1-7-2-3-8(6-11)10(13)12(7)9-4-5-9/h2-3,9H,4-6H2,1H3. The molecule has 70 valence electrons. The Morgan fingerprint density at radius 2 is 2.23 bits per heavy atom. The molecule has 0 bridgehead atoms. The summed E-state index contributed by atoms with van der Waals surface area (Å²) in [6, 6.07) is 4.23. The number of hydrogen-bond donors (Lipinski definition) is 0. The largest absolute Gasteiger partial charge is 0.310 e. The Morgan fingerprint density at radius 1 is 1.54 bits per heavy atom. The van der Waals surface area contributed by atoms with Crippen LogP contribution in [0.4, 0.5) is 0 Å². The highest BCUT2D eigenvalue weighted by Gasteiger charge is 2.26. The van der Waals surface area contributed by atoms with E-state index in [4.69, 9.17) is 11.6 Å². The van der Waals surface area contributed by atoms with E-state index in [-0.39, 0.29) is 5.56 Å². The monoisotopic (exact) mass is 197 g/mol. The first kappa shape index (κ1) is 8.82. The second kappa shape index (κ2) is 3.18. The number of halogens is 1. The molecule has 1 aliphatic rings. The van der Waals surface area contributed by atoms with Crippen molar-refractivity contribution < 1.29 is 0 Å². The molecule has 1 fully saturated rings. The third kappa shape index (κ3) is 1.51. The Balaban J connectivity index is 2.57. The minimum absolute atomic E-state index is 0.0949. The average Bonchev–Trinajstić information content (AvgIpc) is 2.89. The van der Waals surface area contributed by atoms with Crippen LogP contribution < -0.4 is 5.56 Å². The van der Waals surface area contributed by atoms with Crippen molar-refractivity contribution in [2.75, 3.05) is 0 Å². The van der Waals surface area contributed by atoms with Gasteiger partial charge in [-0.25, -0.2) is 0 Å². The first-order chi connectivity index (χ1) is 6.24. The van der Waals surface area contributed by atoms with Crippen molar-refractivity contribution >= 4 is 11.6 Å². The molecular weight excluding hydrogens is 186 g/mol. The number of nitrogens with zero attached hydrogens (tertiary/aromatic N) is 1. The number of rotatable bonds is 2. The van der Waals surface area contributed by atoms with Gasteiger partial charge in [-0.3, -0.25) is 4.79 Å². The van der Waals surface area contributed by atoms with E-state index in [0.717, 1.165) is 18.5 Å². The van der Waals surface area contributed by atoms with E-state index >= 15 is 0 Å². The van der Waals surface area contributed by atoms with E-state index in [1.165, 1.54) is 0 Å². The lowest BCUT2D eigenvalue weighted by Crippen LogP contribution is -2.23. The van der Waals surface area contributed by atoms with Crippen molar-refractivity contribution in [2.45, 2.75) is 31.7 Å². The molecular formula is C10H12ClNO. The summed E-state index contributed by atoms with van der Waals surface area (Å²) in [5.74, 6) is 0.311. The SMILES string of the molecule is Cc1ccc(CCl)c(=O)n1C1CC1. The summed E-state index contributed by atoms with van der Waals surface area (Å²) < 4.78 is 1.87. The average molecular weight is 198 g/mol. The number of aryl methyl sites for hydroxylation is 1. The molecule has 1 heterocycles. The Hall–Kier alpha value is -0.760. The van der Waals surface area contributed by atoms with Crippen LogP contribution >= 0.6 is 11.6 Å². The molecule has 0 aliphatic heterocycles. The van der Waals surface area contributed by atoms with Gasteiger partial charge in [0, 0.05) is 17.3 Å².